The van der Waals surface area contributed by atoms with Crippen LogP contribution in [0.3, 0.4) is 0 Å². The van der Waals surface area contributed by atoms with E-state index < -0.39 is 5.60 Å². The summed E-state index contributed by atoms with van der Waals surface area (Å²) in [5, 5.41) is 3.08. The molecule has 154 valence electrons. The van der Waals surface area contributed by atoms with Crippen LogP contribution in [0, 0.1) is 5.92 Å². The van der Waals surface area contributed by atoms with E-state index in [0.717, 1.165) is 24.2 Å². The Hall–Kier alpha value is -2.31. The van der Waals surface area contributed by atoms with Crippen molar-refractivity contribution in [1.29, 1.82) is 0 Å². The number of fused-ring (bicyclic) bond motifs is 1. The number of likely N-dealkylation sites (tertiary alicyclic amines) is 1. The fraction of sp³-hybridized carbons (Fsp3) is 0.667. The lowest BCUT2D eigenvalue weighted by atomic mass is 9.91. The second kappa shape index (κ2) is 7.60. The molecule has 2 aliphatic heterocycles. The molecule has 0 saturated carbocycles. The van der Waals surface area contributed by atoms with Gasteiger partial charge >= 0.3 is 12.1 Å². The van der Waals surface area contributed by atoms with E-state index in [1.54, 1.807) is 16.0 Å². The number of aromatic nitrogens is 1. The van der Waals surface area contributed by atoms with Crippen molar-refractivity contribution < 1.29 is 14.3 Å². The summed E-state index contributed by atoms with van der Waals surface area (Å²) in [7, 11) is 0. The number of nitrogens with one attached hydrogen (secondary N) is 1. The van der Waals surface area contributed by atoms with Crippen molar-refractivity contribution in [1.82, 2.24) is 15.2 Å². The van der Waals surface area contributed by atoms with Gasteiger partial charge in [-0.2, -0.15) is 0 Å². The standard InChI is InChI=1S/C21H32N4O3/c1-20(2,3)28-19(27)24-11-8-15(9-12-24)13-23-18(26)25-14-21(4,5)17-16(25)7-6-10-22-17/h6-7,10,15H,8-9,11-14H2,1-5H3,(H,23,26). The van der Waals surface area contributed by atoms with Crippen LogP contribution in [0.25, 0.3) is 0 Å². The predicted octanol–water partition coefficient (Wildman–Crippen LogP) is 3.54. The molecule has 0 unspecified atom stereocenters. The van der Waals surface area contributed by atoms with Crippen molar-refractivity contribution in [2.24, 2.45) is 5.92 Å². The molecular weight excluding hydrogens is 356 g/mol. The highest BCUT2D eigenvalue weighted by Gasteiger charge is 2.39. The molecule has 7 nitrogen and oxygen atoms in total. The van der Waals surface area contributed by atoms with Gasteiger partial charge in [0, 0.05) is 37.8 Å². The Labute approximate surface area is 167 Å². The van der Waals surface area contributed by atoms with Gasteiger partial charge in [0.05, 0.1) is 11.4 Å². The van der Waals surface area contributed by atoms with Crippen LogP contribution in [0.5, 0.6) is 0 Å². The van der Waals surface area contributed by atoms with E-state index in [1.165, 1.54) is 0 Å². The molecular formula is C21H32N4O3. The maximum atomic E-state index is 12.8. The van der Waals surface area contributed by atoms with Gasteiger partial charge in [0.1, 0.15) is 5.60 Å². The van der Waals surface area contributed by atoms with E-state index in [0.29, 0.717) is 32.1 Å². The molecule has 1 aromatic rings. The molecule has 1 fully saturated rings. The first-order valence-corrected chi connectivity index (χ1v) is 10.1. The van der Waals surface area contributed by atoms with E-state index in [1.807, 2.05) is 32.9 Å². The zero-order valence-corrected chi connectivity index (χ0v) is 17.6. The van der Waals surface area contributed by atoms with Crippen LogP contribution in [0.4, 0.5) is 15.3 Å². The molecule has 0 bridgehead atoms. The van der Waals surface area contributed by atoms with E-state index in [9.17, 15) is 9.59 Å². The third-order valence-corrected chi connectivity index (χ3v) is 5.33. The van der Waals surface area contributed by atoms with Gasteiger partial charge in [0.2, 0.25) is 0 Å². The first kappa shape index (κ1) is 20.4. The molecule has 1 saturated heterocycles. The monoisotopic (exact) mass is 388 g/mol. The van der Waals surface area contributed by atoms with E-state index in [2.05, 4.69) is 24.1 Å². The summed E-state index contributed by atoms with van der Waals surface area (Å²) in [5.74, 6) is 0.367. The fourth-order valence-electron chi connectivity index (χ4n) is 3.85. The number of hydrogen-bond donors (Lipinski definition) is 1. The van der Waals surface area contributed by atoms with Gasteiger partial charge in [-0.25, -0.2) is 9.59 Å². The average molecular weight is 389 g/mol. The van der Waals surface area contributed by atoms with Crippen molar-refractivity contribution in [2.75, 3.05) is 31.1 Å². The van der Waals surface area contributed by atoms with Gasteiger partial charge in [0.15, 0.2) is 0 Å². The van der Waals surface area contributed by atoms with E-state index >= 15 is 0 Å². The second-order valence-corrected chi connectivity index (χ2v) is 9.44. The molecule has 0 atom stereocenters. The van der Waals surface area contributed by atoms with Crippen molar-refractivity contribution in [3.63, 3.8) is 0 Å². The van der Waals surface area contributed by atoms with Crippen molar-refractivity contribution in [2.45, 2.75) is 58.5 Å². The number of carbonyl (C=O) groups excluding carboxylic acids is 2. The van der Waals surface area contributed by atoms with Crippen LogP contribution < -0.4 is 10.2 Å². The minimum absolute atomic E-state index is 0.0746. The van der Waals surface area contributed by atoms with Gasteiger partial charge in [-0.1, -0.05) is 13.8 Å². The third kappa shape index (κ3) is 4.56. The Balaban J connectivity index is 1.49. The van der Waals surface area contributed by atoms with Crippen LogP contribution in [0.15, 0.2) is 18.3 Å². The molecule has 2 aliphatic rings. The Kier molecular flexibility index (Phi) is 5.55. The highest BCUT2D eigenvalue weighted by molar-refractivity contribution is 5.94. The first-order chi connectivity index (χ1) is 13.1. The Morgan fingerprint density at radius 2 is 1.96 bits per heavy atom. The number of hydrogen-bond acceptors (Lipinski definition) is 4. The van der Waals surface area contributed by atoms with Crippen LogP contribution >= 0.6 is 0 Å². The number of anilines is 1. The predicted molar refractivity (Wildman–Crippen MR) is 109 cm³/mol. The molecule has 3 heterocycles. The van der Waals surface area contributed by atoms with Gasteiger partial charge in [-0.3, -0.25) is 9.88 Å². The number of urea groups is 1. The molecule has 0 radical (unpaired) electrons. The average Bonchev–Trinajstić information content (AvgIpc) is 2.90. The Morgan fingerprint density at radius 3 is 2.61 bits per heavy atom. The maximum absolute atomic E-state index is 12.8. The zero-order valence-electron chi connectivity index (χ0n) is 17.6. The molecule has 3 rings (SSSR count). The molecule has 7 heteroatoms. The number of pyridine rings is 1. The molecule has 0 aromatic carbocycles. The van der Waals surface area contributed by atoms with Gasteiger partial charge < -0.3 is 15.0 Å². The topological polar surface area (TPSA) is 74.8 Å². The van der Waals surface area contributed by atoms with Gasteiger partial charge in [-0.05, 0) is 51.7 Å². The van der Waals surface area contributed by atoms with Crippen LogP contribution in [-0.2, 0) is 10.2 Å². The Bertz CT molecular complexity index is 733. The van der Waals surface area contributed by atoms with Crippen LogP contribution in [0.2, 0.25) is 0 Å². The first-order valence-electron chi connectivity index (χ1n) is 10.1. The highest BCUT2D eigenvalue weighted by atomic mass is 16.6. The van der Waals surface area contributed by atoms with Crippen LogP contribution in [-0.4, -0.2) is 53.8 Å². The number of rotatable bonds is 2. The van der Waals surface area contributed by atoms with Crippen molar-refractivity contribution in [3.05, 3.63) is 24.0 Å². The zero-order chi connectivity index (χ0) is 20.5. The normalized spacial score (nSPS) is 19.3. The van der Waals surface area contributed by atoms with Gasteiger partial charge in [-0.15, -0.1) is 0 Å². The third-order valence-electron chi connectivity index (χ3n) is 5.33. The molecule has 0 spiro atoms. The minimum atomic E-state index is -0.476. The summed E-state index contributed by atoms with van der Waals surface area (Å²) < 4.78 is 5.44. The smallest absolute Gasteiger partial charge is 0.410 e. The summed E-state index contributed by atoms with van der Waals surface area (Å²) in [5.41, 5.74) is 1.24. The highest BCUT2D eigenvalue weighted by Crippen LogP contribution is 2.38. The van der Waals surface area contributed by atoms with E-state index in [4.69, 9.17) is 4.74 Å². The number of nitrogens with zero attached hydrogens (tertiary/aromatic N) is 3. The SMILES string of the molecule is CC(C)(C)OC(=O)N1CCC(CNC(=O)N2CC(C)(C)c3ncccc32)CC1. The summed E-state index contributed by atoms with van der Waals surface area (Å²) in [6, 6.07) is 3.75. The summed E-state index contributed by atoms with van der Waals surface area (Å²) in [6.45, 7) is 12.4. The molecule has 1 N–H and O–H groups in total. The number of amides is 3. The molecule has 1 aromatic heterocycles. The molecule has 0 aliphatic carbocycles. The van der Waals surface area contributed by atoms with E-state index in [-0.39, 0.29) is 17.5 Å². The fourth-order valence-corrected chi connectivity index (χ4v) is 3.85. The lowest BCUT2D eigenvalue weighted by Crippen LogP contribution is -2.46. The Morgan fingerprint density at radius 1 is 1.29 bits per heavy atom. The summed E-state index contributed by atoms with van der Waals surface area (Å²) in [6.07, 6.45) is 3.26. The lowest BCUT2D eigenvalue weighted by Gasteiger charge is -2.33. The number of carbonyl (C=O) groups is 2. The second-order valence-electron chi connectivity index (χ2n) is 9.44. The largest absolute Gasteiger partial charge is 0.444 e. The van der Waals surface area contributed by atoms with Crippen molar-refractivity contribution in [3.8, 4) is 0 Å². The minimum Gasteiger partial charge on any atom is -0.444 e. The van der Waals surface area contributed by atoms with Crippen molar-refractivity contribution >= 4 is 17.8 Å². The summed E-state index contributed by atoms with van der Waals surface area (Å²) in [4.78, 5) is 33.0. The number of ether oxygens (including phenoxy) is 1. The lowest BCUT2D eigenvalue weighted by molar-refractivity contribution is 0.0184. The summed E-state index contributed by atoms with van der Waals surface area (Å²) >= 11 is 0. The van der Waals surface area contributed by atoms with Crippen LogP contribution in [0.1, 0.15) is 53.2 Å². The molecule has 3 amide bonds. The number of piperidine rings is 1. The maximum Gasteiger partial charge on any atom is 0.410 e. The molecule has 28 heavy (non-hydrogen) atoms. The van der Waals surface area contributed by atoms with Gasteiger partial charge in [0.25, 0.3) is 0 Å². The quantitative estimate of drug-likeness (QED) is 0.841.